The number of benzene rings is 3. The fraction of sp³-hybridized carbons (Fsp3) is 0.355. The smallest absolute Gasteiger partial charge is 0.250 e. The Bertz CT molecular complexity index is 1190. The first kappa shape index (κ1) is 27.2. The van der Waals surface area contributed by atoms with E-state index in [9.17, 15) is 9.59 Å². The molecule has 1 aliphatic heterocycles. The van der Waals surface area contributed by atoms with E-state index in [0.29, 0.717) is 31.9 Å². The molecule has 1 saturated heterocycles. The van der Waals surface area contributed by atoms with Crippen LogP contribution in [0.5, 0.6) is 5.75 Å². The Morgan fingerprint density at radius 3 is 2.21 bits per heavy atom. The second kappa shape index (κ2) is 12.6. The van der Waals surface area contributed by atoms with Crippen molar-refractivity contribution >= 4 is 23.2 Å². The third-order valence-electron chi connectivity index (χ3n) is 7.27. The number of nitrogens with zero attached hydrogens (tertiary/aromatic N) is 2. The van der Waals surface area contributed by atoms with Gasteiger partial charge in [-0.2, -0.15) is 0 Å². The van der Waals surface area contributed by atoms with Crippen molar-refractivity contribution in [2.45, 2.75) is 38.8 Å². The number of hydrogen-bond donors (Lipinski definition) is 1. The molecular weight excluding hydrogens is 478 g/mol. The minimum atomic E-state index is -1.06. The van der Waals surface area contributed by atoms with E-state index in [1.807, 2.05) is 92.7 Å². The van der Waals surface area contributed by atoms with E-state index in [1.165, 1.54) is 0 Å². The molecule has 2 amide bonds. The van der Waals surface area contributed by atoms with Crippen LogP contribution < -0.4 is 15.0 Å². The Kier molecular flexibility index (Phi) is 9.02. The van der Waals surface area contributed by atoms with Crippen LogP contribution in [0.3, 0.4) is 0 Å². The normalized spacial score (nSPS) is 14.9. The molecule has 0 aliphatic carbocycles. The molecule has 1 fully saturated rings. The van der Waals surface area contributed by atoms with Crippen LogP contribution in [0.2, 0.25) is 0 Å². The van der Waals surface area contributed by atoms with Gasteiger partial charge in [-0.15, -0.1) is 0 Å². The minimum Gasteiger partial charge on any atom is -0.497 e. The molecule has 4 rings (SSSR count). The number of hydrogen-bond acceptors (Lipinski definition) is 5. The van der Waals surface area contributed by atoms with Crippen LogP contribution in [0.4, 0.5) is 11.4 Å². The van der Waals surface area contributed by atoms with Crippen molar-refractivity contribution in [3.05, 3.63) is 90.0 Å². The van der Waals surface area contributed by atoms with Gasteiger partial charge in [-0.25, -0.2) is 0 Å². The lowest BCUT2D eigenvalue weighted by molar-refractivity contribution is -0.145. The molecule has 0 radical (unpaired) electrons. The summed E-state index contributed by atoms with van der Waals surface area (Å²) in [6.07, 6.45) is 0.676. The lowest BCUT2D eigenvalue weighted by atomic mass is 9.92. The van der Waals surface area contributed by atoms with Crippen molar-refractivity contribution in [1.29, 1.82) is 0 Å². The summed E-state index contributed by atoms with van der Waals surface area (Å²) >= 11 is 0. The average Bonchev–Trinajstić information content (AvgIpc) is 2.97. The lowest BCUT2D eigenvalue weighted by Crippen LogP contribution is -2.56. The zero-order valence-corrected chi connectivity index (χ0v) is 22.5. The molecule has 1 atom stereocenters. The van der Waals surface area contributed by atoms with E-state index in [2.05, 4.69) is 10.2 Å². The number of rotatable bonds is 10. The lowest BCUT2D eigenvalue weighted by Gasteiger charge is -2.40. The van der Waals surface area contributed by atoms with Gasteiger partial charge in [0.25, 0.3) is 0 Å². The van der Waals surface area contributed by atoms with Crippen molar-refractivity contribution in [3.8, 4) is 5.75 Å². The highest BCUT2D eigenvalue weighted by molar-refractivity contribution is 6.00. The van der Waals surface area contributed by atoms with Crippen LogP contribution in [0.15, 0.2) is 78.9 Å². The first-order valence-corrected chi connectivity index (χ1v) is 13.1. The van der Waals surface area contributed by atoms with Gasteiger partial charge >= 0.3 is 0 Å². The van der Waals surface area contributed by atoms with Gasteiger partial charge in [-0.05, 0) is 60.9 Å². The molecule has 7 heteroatoms. The van der Waals surface area contributed by atoms with Crippen LogP contribution in [0.1, 0.15) is 31.4 Å². The topological polar surface area (TPSA) is 71.1 Å². The zero-order chi connectivity index (χ0) is 27.0. The van der Waals surface area contributed by atoms with Gasteiger partial charge in [0.15, 0.2) is 0 Å². The number of ether oxygens (including phenoxy) is 2. The highest BCUT2D eigenvalue weighted by Gasteiger charge is 2.40. The van der Waals surface area contributed by atoms with E-state index in [1.54, 1.807) is 12.0 Å². The Labute approximate surface area is 225 Å². The molecule has 1 heterocycles. The summed E-state index contributed by atoms with van der Waals surface area (Å²) in [6, 6.07) is 25.1. The largest absolute Gasteiger partial charge is 0.497 e. The Morgan fingerprint density at radius 2 is 1.61 bits per heavy atom. The molecule has 1 N–H and O–H groups in total. The number of carbonyl (C=O) groups excluding carboxylic acids is 2. The summed E-state index contributed by atoms with van der Waals surface area (Å²) < 4.78 is 10.7. The predicted octanol–water partition coefficient (Wildman–Crippen LogP) is 4.91. The summed E-state index contributed by atoms with van der Waals surface area (Å²) in [7, 11) is 1.62. The Hall–Kier alpha value is -3.84. The van der Waals surface area contributed by atoms with Gasteiger partial charge in [0.1, 0.15) is 11.3 Å². The standard InChI is InChI=1S/C31H37N3O4/c1-4-31(2,30(36)32-26-12-14-27(15-13-26)33-18-20-38-21-19-33)34(23-25-10-16-28(37-3)17-11-25)29(35)22-24-8-6-5-7-9-24/h5-17H,4,18-23H2,1-3H3,(H,32,36). The molecule has 0 spiro atoms. The van der Waals surface area contributed by atoms with Gasteiger partial charge in [-0.1, -0.05) is 49.4 Å². The number of nitrogens with one attached hydrogen (secondary N) is 1. The number of anilines is 2. The predicted molar refractivity (Wildman–Crippen MR) is 150 cm³/mol. The monoisotopic (exact) mass is 515 g/mol. The van der Waals surface area contributed by atoms with Crippen LogP contribution in [0, 0.1) is 0 Å². The Balaban J connectivity index is 1.56. The quantitative estimate of drug-likeness (QED) is 0.416. The second-order valence-electron chi connectivity index (χ2n) is 9.72. The first-order chi connectivity index (χ1) is 18.4. The fourth-order valence-corrected chi connectivity index (χ4v) is 4.63. The highest BCUT2D eigenvalue weighted by Crippen LogP contribution is 2.27. The van der Waals surface area contributed by atoms with E-state index < -0.39 is 5.54 Å². The summed E-state index contributed by atoms with van der Waals surface area (Å²) in [5, 5.41) is 3.07. The Morgan fingerprint density at radius 1 is 0.947 bits per heavy atom. The molecule has 3 aromatic rings. The van der Waals surface area contributed by atoms with Gasteiger partial charge in [0.05, 0.1) is 26.7 Å². The summed E-state index contributed by atoms with van der Waals surface area (Å²) in [5.41, 5.74) is 2.58. The van der Waals surface area contributed by atoms with Crippen molar-refractivity contribution < 1.29 is 19.1 Å². The van der Waals surface area contributed by atoms with Crippen LogP contribution in [-0.2, 0) is 27.3 Å². The molecule has 1 unspecified atom stereocenters. The highest BCUT2D eigenvalue weighted by atomic mass is 16.5. The van der Waals surface area contributed by atoms with Gasteiger partial charge in [0, 0.05) is 31.0 Å². The molecule has 7 nitrogen and oxygen atoms in total. The maximum atomic E-state index is 13.8. The van der Waals surface area contributed by atoms with Crippen molar-refractivity contribution in [2.75, 3.05) is 43.6 Å². The zero-order valence-electron chi connectivity index (χ0n) is 22.5. The van der Waals surface area contributed by atoms with Gasteiger partial charge in [0.2, 0.25) is 11.8 Å². The summed E-state index contributed by atoms with van der Waals surface area (Å²) in [5.74, 6) is 0.427. The number of morpholine rings is 1. The summed E-state index contributed by atoms with van der Waals surface area (Å²) in [4.78, 5) is 31.5. The van der Waals surface area contributed by atoms with E-state index in [4.69, 9.17) is 9.47 Å². The van der Waals surface area contributed by atoms with Crippen LogP contribution in [0.25, 0.3) is 0 Å². The molecule has 0 bridgehead atoms. The van der Waals surface area contributed by atoms with E-state index in [-0.39, 0.29) is 18.2 Å². The van der Waals surface area contributed by atoms with Crippen molar-refractivity contribution in [3.63, 3.8) is 0 Å². The summed E-state index contributed by atoms with van der Waals surface area (Å²) in [6.45, 7) is 7.23. The average molecular weight is 516 g/mol. The molecule has 3 aromatic carbocycles. The number of carbonyl (C=O) groups is 2. The third kappa shape index (κ3) is 6.53. The number of amides is 2. The van der Waals surface area contributed by atoms with Crippen LogP contribution in [-0.4, -0.2) is 55.7 Å². The van der Waals surface area contributed by atoms with Crippen molar-refractivity contribution in [2.24, 2.45) is 0 Å². The second-order valence-corrected chi connectivity index (χ2v) is 9.72. The SMILES string of the molecule is CCC(C)(C(=O)Nc1ccc(N2CCOCC2)cc1)N(Cc1ccc(OC)cc1)C(=O)Cc1ccccc1. The molecule has 0 saturated carbocycles. The van der Waals surface area contributed by atoms with Crippen LogP contribution >= 0.6 is 0 Å². The molecular formula is C31H37N3O4. The van der Waals surface area contributed by atoms with Gasteiger partial charge < -0.3 is 24.6 Å². The maximum absolute atomic E-state index is 13.8. The number of methoxy groups -OCH3 is 1. The van der Waals surface area contributed by atoms with Crippen molar-refractivity contribution in [1.82, 2.24) is 4.90 Å². The van der Waals surface area contributed by atoms with E-state index >= 15 is 0 Å². The molecule has 200 valence electrons. The third-order valence-corrected chi connectivity index (χ3v) is 7.27. The molecule has 1 aliphatic rings. The first-order valence-electron chi connectivity index (χ1n) is 13.1. The van der Waals surface area contributed by atoms with E-state index in [0.717, 1.165) is 35.7 Å². The minimum absolute atomic E-state index is 0.103. The van der Waals surface area contributed by atoms with Gasteiger partial charge in [-0.3, -0.25) is 9.59 Å². The molecule has 0 aromatic heterocycles. The maximum Gasteiger partial charge on any atom is 0.250 e. The fourth-order valence-electron chi connectivity index (χ4n) is 4.63. The molecule has 38 heavy (non-hydrogen) atoms.